The molecule has 20 heavy (non-hydrogen) atoms. The summed E-state index contributed by atoms with van der Waals surface area (Å²) in [6.45, 7) is 0. The maximum absolute atomic E-state index is 11.9. The normalized spacial score (nSPS) is 9.85. The zero-order chi connectivity index (χ0) is 14.5. The number of carbonyl (C=O) groups is 3. The van der Waals surface area contributed by atoms with Crippen LogP contribution >= 0.6 is 22.6 Å². The summed E-state index contributed by atoms with van der Waals surface area (Å²) in [7, 11) is 0. The molecule has 0 aliphatic rings. The van der Waals surface area contributed by atoms with Gasteiger partial charge in [-0.25, -0.2) is 0 Å². The smallest absolute Gasteiger partial charge is 0.296 e. The summed E-state index contributed by atoms with van der Waals surface area (Å²) in [5.41, 5.74) is 0.976. The van der Waals surface area contributed by atoms with E-state index in [1.165, 1.54) is 0 Å². The maximum atomic E-state index is 11.9. The Morgan fingerprint density at radius 1 is 1.05 bits per heavy atom. The lowest BCUT2D eigenvalue weighted by molar-refractivity contribution is -0.112. The SMILES string of the molecule is O=Cc1cc(I)ccc1NC(=O)C(=O)c1ccccc1. The first-order chi connectivity index (χ1) is 9.61. The molecular weight excluding hydrogens is 369 g/mol. The van der Waals surface area contributed by atoms with Crippen molar-refractivity contribution in [3.8, 4) is 0 Å². The second kappa shape index (κ2) is 6.42. The molecule has 0 unspecified atom stereocenters. The molecule has 0 saturated heterocycles. The standard InChI is InChI=1S/C15H10INO3/c16-12-6-7-13(11(8-12)9-18)17-15(20)14(19)10-4-2-1-3-5-10/h1-9H,(H,17,20). The number of ketones is 1. The van der Waals surface area contributed by atoms with Gasteiger partial charge < -0.3 is 5.32 Å². The molecule has 0 aliphatic carbocycles. The third kappa shape index (κ3) is 3.30. The number of halogens is 1. The molecule has 2 aromatic carbocycles. The van der Waals surface area contributed by atoms with Crippen LogP contribution in [0.15, 0.2) is 48.5 Å². The van der Waals surface area contributed by atoms with Crippen molar-refractivity contribution in [3.05, 3.63) is 63.2 Å². The highest BCUT2D eigenvalue weighted by molar-refractivity contribution is 14.1. The third-order valence-electron chi connectivity index (χ3n) is 2.63. The van der Waals surface area contributed by atoms with Gasteiger partial charge >= 0.3 is 0 Å². The molecule has 2 rings (SSSR count). The number of hydrogen-bond donors (Lipinski definition) is 1. The molecule has 2 aromatic rings. The molecule has 100 valence electrons. The predicted octanol–water partition coefficient (Wildman–Crippen LogP) is 2.93. The fourth-order valence-corrected chi connectivity index (χ4v) is 2.16. The van der Waals surface area contributed by atoms with Crippen molar-refractivity contribution in [1.82, 2.24) is 0 Å². The Hall–Kier alpha value is -2.02. The summed E-state index contributed by atoms with van der Waals surface area (Å²) in [6, 6.07) is 13.2. The van der Waals surface area contributed by atoms with Gasteiger partial charge in [0.25, 0.3) is 11.7 Å². The Morgan fingerprint density at radius 3 is 2.40 bits per heavy atom. The number of amides is 1. The number of anilines is 1. The van der Waals surface area contributed by atoms with Gasteiger partial charge in [-0.1, -0.05) is 30.3 Å². The molecule has 0 aromatic heterocycles. The highest BCUT2D eigenvalue weighted by Gasteiger charge is 2.17. The van der Waals surface area contributed by atoms with E-state index in [9.17, 15) is 14.4 Å². The highest BCUT2D eigenvalue weighted by atomic mass is 127. The second-order valence-corrected chi connectivity index (χ2v) is 5.24. The molecule has 0 aliphatic heterocycles. The van der Waals surface area contributed by atoms with Crippen molar-refractivity contribution >= 4 is 46.3 Å². The maximum Gasteiger partial charge on any atom is 0.296 e. The molecule has 0 fully saturated rings. The minimum Gasteiger partial charge on any atom is -0.318 e. The first-order valence-electron chi connectivity index (χ1n) is 5.77. The molecular formula is C15H10INO3. The van der Waals surface area contributed by atoms with Crippen molar-refractivity contribution in [1.29, 1.82) is 0 Å². The Balaban J connectivity index is 2.20. The molecule has 1 amide bonds. The van der Waals surface area contributed by atoms with Crippen molar-refractivity contribution in [2.24, 2.45) is 0 Å². The van der Waals surface area contributed by atoms with E-state index >= 15 is 0 Å². The average molecular weight is 379 g/mol. The first-order valence-corrected chi connectivity index (χ1v) is 6.85. The molecule has 0 bridgehead atoms. The topological polar surface area (TPSA) is 63.2 Å². The van der Waals surface area contributed by atoms with E-state index in [2.05, 4.69) is 27.9 Å². The van der Waals surface area contributed by atoms with Crippen molar-refractivity contribution in [2.45, 2.75) is 0 Å². The number of carbonyl (C=O) groups excluding carboxylic acids is 3. The van der Waals surface area contributed by atoms with Crippen LogP contribution in [-0.2, 0) is 4.79 Å². The fourth-order valence-electron chi connectivity index (χ4n) is 1.64. The van der Waals surface area contributed by atoms with E-state index in [0.29, 0.717) is 23.1 Å². The highest BCUT2D eigenvalue weighted by Crippen LogP contribution is 2.17. The van der Waals surface area contributed by atoms with Gasteiger partial charge in [-0.05, 0) is 40.8 Å². The molecule has 0 saturated carbocycles. The van der Waals surface area contributed by atoms with Gasteiger partial charge in [0.1, 0.15) is 0 Å². The zero-order valence-corrected chi connectivity index (χ0v) is 12.5. The zero-order valence-electron chi connectivity index (χ0n) is 10.3. The molecule has 0 radical (unpaired) electrons. The predicted molar refractivity (Wildman–Crippen MR) is 83.9 cm³/mol. The third-order valence-corrected chi connectivity index (χ3v) is 3.30. The van der Waals surface area contributed by atoms with Crippen molar-refractivity contribution in [2.75, 3.05) is 5.32 Å². The van der Waals surface area contributed by atoms with Crippen LogP contribution in [-0.4, -0.2) is 18.0 Å². The van der Waals surface area contributed by atoms with E-state index < -0.39 is 11.7 Å². The minimum absolute atomic E-state index is 0.308. The van der Waals surface area contributed by atoms with E-state index in [1.54, 1.807) is 48.5 Å². The monoisotopic (exact) mass is 379 g/mol. The Labute approximate surface area is 129 Å². The minimum atomic E-state index is -0.763. The molecule has 0 atom stereocenters. The van der Waals surface area contributed by atoms with Crippen LogP contribution < -0.4 is 5.32 Å². The Morgan fingerprint density at radius 2 is 1.75 bits per heavy atom. The van der Waals surface area contributed by atoms with Crippen LogP contribution in [0.25, 0.3) is 0 Å². The number of nitrogens with one attached hydrogen (secondary N) is 1. The summed E-state index contributed by atoms with van der Waals surface area (Å²) in [5.74, 6) is -1.40. The Bertz CT molecular complexity index is 668. The second-order valence-electron chi connectivity index (χ2n) is 4.00. The lowest BCUT2D eigenvalue weighted by Crippen LogP contribution is -2.23. The molecule has 0 spiro atoms. The number of aldehydes is 1. The van der Waals surface area contributed by atoms with E-state index in [0.717, 1.165) is 3.57 Å². The molecule has 0 heterocycles. The largest absolute Gasteiger partial charge is 0.318 e. The Kier molecular flexibility index (Phi) is 4.62. The van der Waals surface area contributed by atoms with Crippen LogP contribution in [0.1, 0.15) is 20.7 Å². The van der Waals surface area contributed by atoms with Gasteiger partial charge in [-0.15, -0.1) is 0 Å². The summed E-state index contributed by atoms with van der Waals surface area (Å²) in [4.78, 5) is 34.8. The van der Waals surface area contributed by atoms with Crippen LogP contribution in [0.4, 0.5) is 5.69 Å². The van der Waals surface area contributed by atoms with Gasteiger partial charge in [0.15, 0.2) is 6.29 Å². The van der Waals surface area contributed by atoms with E-state index in [-0.39, 0.29) is 0 Å². The van der Waals surface area contributed by atoms with Crippen LogP contribution in [0.3, 0.4) is 0 Å². The van der Waals surface area contributed by atoms with E-state index in [1.807, 2.05) is 0 Å². The number of hydrogen-bond acceptors (Lipinski definition) is 3. The fraction of sp³-hybridized carbons (Fsp3) is 0. The number of Topliss-reactive ketones (excluding diaryl/α,β-unsaturated/α-hetero) is 1. The van der Waals surface area contributed by atoms with Crippen LogP contribution in [0.5, 0.6) is 0 Å². The summed E-state index contributed by atoms with van der Waals surface area (Å²) < 4.78 is 0.872. The first kappa shape index (κ1) is 14.4. The van der Waals surface area contributed by atoms with Gasteiger partial charge in [-0.2, -0.15) is 0 Å². The van der Waals surface area contributed by atoms with Gasteiger partial charge in [-0.3, -0.25) is 14.4 Å². The van der Waals surface area contributed by atoms with Gasteiger partial charge in [0, 0.05) is 14.7 Å². The van der Waals surface area contributed by atoms with Gasteiger partial charge in [0.05, 0.1) is 5.69 Å². The van der Waals surface area contributed by atoms with E-state index in [4.69, 9.17) is 0 Å². The number of rotatable bonds is 4. The van der Waals surface area contributed by atoms with Crippen LogP contribution in [0.2, 0.25) is 0 Å². The molecule has 1 N–H and O–H groups in total. The molecule has 4 nitrogen and oxygen atoms in total. The van der Waals surface area contributed by atoms with Gasteiger partial charge in [0.2, 0.25) is 0 Å². The number of benzene rings is 2. The average Bonchev–Trinajstić information content (AvgIpc) is 2.49. The quantitative estimate of drug-likeness (QED) is 0.385. The van der Waals surface area contributed by atoms with Crippen molar-refractivity contribution < 1.29 is 14.4 Å². The van der Waals surface area contributed by atoms with Crippen LogP contribution in [0, 0.1) is 3.57 Å². The molecule has 5 heteroatoms. The van der Waals surface area contributed by atoms with Crippen molar-refractivity contribution in [3.63, 3.8) is 0 Å². The summed E-state index contributed by atoms with van der Waals surface area (Å²) in [5, 5.41) is 2.46. The summed E-state index contributed by atoms with van der Waals surface area (Å²) >= 11 is 2.06. The summed E-state index contributed by atoms with van der Waals surface area (Å²) in [6.07, 6.45) is 0.644. The lowest BCUT2D eigenvalue weighted by Gasteiger charge is -2.07. The lowest BCUT2D eigenvalue weighted by atomic mass is 10.1.